The second kappa shape index (κ2) is 12.2. The molecule has 4 rings (SSSR count). The minimum absolute atomic E-state index is 0.0562. The van der Waals surface area contributed by atoms with Crippen LogP contribution in [0.2, 0.25) is 0 Å². The van der Waals surface area contributed by atoms with Crippen LogP contribution >= 0.6 is 24.0 Å². The molecule has 2 aromatic carbocycles. The molecule has 0 aliphatic carbocycles. The molecule has 9 heteroatoms. The van der Waals surface area contributed by atoms with Crippen LogP contribution in [0.1, 0.15) is 18.9 Å². The van der Waals surface area contributed by atoms with Gasteiger partial charge in [0.25, 0.3) is 0 Å². The predicted octanol–water partition coefficient (Wildman–Crippen LogP) is 4.63. The average Bonchev–Trinajstić information content (AvgIpc) is 3.24. The SMILES string of the molecule is CCOc1ccc(-c2n[nH]c(=S)n2CCC(=O)Nc2ccc(CCN3CCSCC3)cc2)cc1. The van der Waals surface area contributed by atoms with E-state index in [0.717, 1.165) is 30.0 Å². The van der Waals surface area contributed by atoms with Crippen molar-refractivity contribution in [2.45, 2.75) is 26.3 Å². The first kappa shape index (κ1) is 24.5. The third-order valence-electron chi connectivity index (χ3n) is 5.80. The standard InChI is InChI=1S/C25H31N5O2S2/c1-2-32-22-9-5-20(6-10-22)24-27-28-25(33)30(24)14-12-23(31)26-21-7-3-19(4-8-21)11-13-29-15-17-34-18-16-29/h3-10H,2,11-18H2,1H3,(H,26,31)(H,28,33). The van der Waals surface area contributed by atoms with E-state index < -0.39 is 0 Å². The molecule has 0 bridgehead atoms. The van der Waals surface area contributed by atoms with Gasteiger partial charge in [0.05, 0.1) is 6.61 Å². The Hall–Kier alpha value is -2.62. The molecular weight excluding hydrogens is 466 g/mol. The summed E-state index contributed by atoms with van der Waals surface area (Å²) in [5.74, 6) is 3.92. The van der Waals surface area contributed by atoms with Crippen LogP contribution in [0, 0.1) is 4.77 Å². The maximum atomic E-state index is 12.6. The minimum Gasteiger partial charge on any atom is -0.494 e. The third-order valence-corrected chi connectivity index (χ3v) is 7.06. The van der Waals surface area contributed by atoms with E-state index in [-0.39, 0.29) is 5.91 Å². The number of aromatic amines is 1. The molecule has 1 amide bonds. The van der Waals surface area contributed by atoms with Crippen LogP contribution < -0.4 is 10.1 Å². The number of nitrogens with zero attached hydrogens (tertiary/aromatic N) is 3. The summed E-state index contributed by atoms with van der Waals surface area (Å²) >= 11 is 7.43. The Kier molecular flexibility index (Phi) is 8.79. The fraction of sp³-hybridized carbons (Fsp3) is 0.400. The number of hydrogen-bond acceptors (Lipinski definition) is 6. The van der Waals surface area contributed by atoms with Crippen LogP contribution in [0.5, 0.6) is 5.75 Å². The lowest BCUT2D eigenvalue weighted by Crippen LogP contribution is -2.34. The first-order chi connectivity index (χ1) is 16.6. The molecule has 2 N–H and O–H groups in total. The molecule has 1 saturated heterocycles. The highest BCUT2D eigenvalue weighted by Gasteiger charge is 2.12. The summed E-state index contributed by atoms with van der Waals surface area (Å²) in [4.78, 5) is 15.1. The Morgan fingerprint density at radius 3 is 2.56 bits per heavy atom. The van der Waals surface area contributed by atoms with E-state index in [4.69, 9.17) is 17.0 Å². The van der Waals surface area contributed by atoms with Crippen molar-refractivity contribution in [3.8, 4) is 17.1 Å². The van der Waals surface area contributed by atoms with Crippen LogP contribution in [0.3, 0.4) is 0 Å². The van der Waals surface area contributed by atoms with Crippen molar-refractivity contribution in [2.24, 2.45) is 0 Å². The summed E-state index contributed by atoms with van der Waals surface area (Å²) in [5, 5.41) is 10.2. The Labute approximate surface area is 209 Å². The molecule has 3 aromatic rings. The number of anilines is 1. The zero-order valence-electron chi connectivity index (χ0n) is 19.5. The smallest absolute Gasteiger partial charge is 0.226 e. The van der Waals surface area contributed by atoms with Crippen molar-refractivity contribution in [1.82, 2.24) is 19.7 Å². The largest absolute Gasteiger partial charge is 0.494 e. The fourth-order valence-corrected chi connectivity index (χ4v) is 5.12. The van der Waals surface area contributed by atoms with Gasteiger partial charge in [-0.05, 0) is 67.5 Å². The second-order valence-corrected chi connectivity index (χ2v) is 9.77. The zero-order valence-corrected chi connectivity index (χ0v) is 21.1. The normalized spacial score (nSPS) is 14.1. The molecule has 1 aromatic heterocycles. The molecule has 7 nitrogen and oxygen atoms in total. The lowest BCUT2D eigenvalue weighted by Gasteiger charge is -2.26. The number of nitrogens with one attached hydrogen (secondary N) is 2. The summed E-state index contributed by atoms with van der Waals surface area (Å²) in [6, 6.07) is 15.9. The van der Waals surface area contributed by atoms with E-state index in [1.807, 2.05) is 59.7 Å². The Morgan fingerprint density at radius 1 is 1.12 bits per heavy atom. The highest BCUT2D eigenvalue weighted by atomic mass is 32.2. The first-order valence-electron chi connectivity index (χ1n) is 11.7. The number of hydrogen-bond donors (Lipinski definition) is 2. The van der Waals surface area contributed by atoms with Crippen LogP contribution in [0.4, 0.5) is 5.69 Å². The number of benzene rings is 2. The number of H-pyrrole nitrogens is 1. The zero-order chi connectivity index (χ0) is 23.8. The van der Waals surface area contributed by atoms with Gasteiger partial charge in [-0.15, -0.1) is 0 Å². The summed E-state index contributed by atoms with van der Waals surface area (Å²) in [6.45, 7) is 6.46. The molecule has 0 spiro atoms. The molecule has 1 aliphatic rings. The van der Waals surface area contributed by atoms with Crippen LogP contribution in [-0.4, -0.2) is 63.3 Å². The van der Waals surface area contributed by atoms with Crippen molar-refractivity contribution < 1.29 is 9.53 Å². The number of amides is 1. The number of aromatic nitrogens is 3. The van der Waals surface area contributed by atoms with Gasteiger partial charge in [0.15, 0.2) is 10.6 Å². The van der Waals surface area contributed by atoms with Gasteiger partial charge in [-0.1, -0.05) is 12.1 Å². The molecular formula is C25H31N5O2S2. The third kappa shape index (κ3) is 6.71. The van der Waals surface area contributed by atoms with Crippen molar-refractivity contribution in [3.05, 3.63) is 58.9 Å². The van der Waals surface area contributed by atoms with Gasteiger partial charge >= 0.3 is 0 Å². The van der Waals surface area contributed by atoms with E-state index in [2.05, 4.69) is 32.5 Å². The summed E-state index contributed by atoms with van der Waals surface area (Å²) in [7, 11) is 0. The molecule has 0 unspecified atom stereocenters. The van der Waals surface area contributed by atoms with Gasteiger partial charge in [-0.2, -0.15) is 16.9 Å². The Balaban J connectivity index is 1.29. The van der Waals surface area contributed by atoms with E-state index in [0.29, 0.717) is 30.2 Å². The second-order valence-electron chi connectivity index (χ2n) is 8.16. The van der Waals surface area contributed by atoms with Crippen LogP contribution in [0.15, 0.2) is 48.5 Å². The monoisotopic (exact) mass is 497 g/mol. The lowest BCUT2D eigenvalue weighted by molar-refractivity contribution is -0.116. The molecule has 1 fully saturated rings. The van der Waals surface area contributed by atoms with Crippen molar-refractivity contribution in [1.29, 1.82) is 0 Å². The molecule has 180 valence electrons. The highest BCUT2D eigenvalue weighted by molar-refractivity contribution is 7.99. The van der Waals surface area contributed by atoms with Crippen LogP contribution in [0.25, 0.3) is 11.4 Å². The number of rotatable bonds is 10. The molecule has 2 heterocycles. The van der Waals surface area contributed by atoms with Gasteiger partial charge in [0, 0.05) is 55.4 Å². The average molecular weight is 498 g/mol. The highest BCUT2D eigenvalue weighted by Crippen LogP contribution is 2.21. The Morgan fingerprint density at radius 2 is 1.85 bits per heavy atom. The van der Waals surface area contributed by atoms with Crippen molar-refractivity contribution >= 4 is 35.6 Å². The molecule has 0 radical (unpaired) electrons. The van der Waals surface area contributed by atoms with E-state index in [1.54, 1.807) is 0 Å². The van der Waals surface area contributed by atoms with Crippen molar-refractivity contribution in [2.75, 3.05) is 43.1 Å². The fourth-order valence-electron chi connectivity index (χ4n) is 3.92. The Bertz CT molecular complexity index is 1120. The summed E-state index contributed by atoms with van der Waals surface area (Å²) < 4.78 is 7.85. The maximum Gasteiger partial charge on any atom is 0.226 e. The molecule has 1 aliphatic heterocycles. The van der Waals surface area contributed by atoms with E-state index >= 15 is 0 Å². The van der Waals surface area contributed by atoms with Crippen molar-refractivity contribution in [3.63, 3.8) is 0 Å². The first-order valence-corrected chi connectivity index (χ1v) is 13.3. The molecule has 34 heavy (non-hydrogen) atoms. The minimum atomic E-state index is -0.0562. The predicted molar refractivity (Wildman–Crippen MR) is 141 cm³/mol. The summed E-state index contributed by atoms with van der Waals surface area (Å²) in [5.41, 5.74) is 3.02. The quantitative estimate of drug-likeness (QED) is 0.398. The number of carbonyl (C=O) groups excluding carboxylic acids is 1. The molecule has 0 saturated carbocycles. The topological polar surface area (TPSA) is 75.2 Å². The number of carbonyl (C=O) groups is 1. The van der Waals surface area contributed by atoms with E-state index in [1.165, 1.54) is 30.2 Å². The summed E-state index contributed by atoms with van der Waals surface area (Å²) in [6.07, 6.45) is 1.33. The molecule has 0 atom stereocenters. The van der Waals surface area contributed by atoms with Gasteiger partial charge in [-0.25, -0.2) is 0 Å². The van der Waals surface area contributed by atoms with Gasteiger partial charge in [0.1, 0.15) is 5.75 Å². The van der Waals surface area contributed by atoms with Gasteiger partial charge in [-0.3, -0.25) is 14.5 Å². The number of thioether (sulfide) groups is 1. The van der Waals surface area contributed by atoms with Crippen LogP contribution in [-0.2, 0) is 17.8 Å². The number of ether oxygens (including phenoxy) is 1. The van der Waals surface area contributed by atoms with E-state index in [9.17, 15) is 4.79 Å². The maximum absolute atomic E-state index is 12.6. The lowest BCUT2D eigenvalue weighted by atomic mass is 10.1. The van der Waals surface area contributed by atoms with Gasteiger partial charge < -0.3 is 15.0 Å². The van der Waals surface area contributed by atoms with Gasteiger partial charge in [0.2, 0.25) is 5.91 Å².